The summed E-state index contributed by atoms with van der Waals surface area (Å²) in [7, 11) is 0. The van der Waals surface area contributed by atoms with Gasteiger partial charge >= 0.3 is 0 Å². The molecule has 1 unspecified atom stereocenters. The zero-order valence-electron chi connectivity index (χ0n) is 13.0. The van der Waals surface area contributed by atoms with Gasteiger partial charge in [-0.1, -0.05) is 58.7 Å². The summed E-state index contributed by atoms with van der Waals surface area (Å²) in [4.78, 5) is 3.76. The fourth-order valence-electron chi connectivity index (χ4n) is 2.32. The van der Waals surface area contributed by atoms with E-state index in [2.05, 4.69) is 60.1 Å². The highest BCUT2D eigenvalue weighted by Gasteiger charge is 2.44. The predicted molar refractivity (Wildman–Crippen MR) is 91.0 cm³/mol. The van der Waals surface area contributed by atoms with Gasteiger partial charge < -0.3 is 0 Å². The molecule has 2 heteroatoms. The molecule has 104 valence electrons. The van der Waals surface area contributed by atoms with Crippen molar-refractivity contribution in [2.24, 2.45) is 10.8 Å². The van der Waals surface area contributed by atoms with Crippen LogP contribution >= 0.6 is 23.5 Å². The quantitative estimate of drug-likeness (QED) is 0.525. The van der Waals surface area contributed by atoms with Crippen LogP contribution in [0.25, 0.3) is 0 Å². The molecule has 0 aromatic carbocycles. The molecule has 0 rings (SSSR count). The van der Waals surface area contributed by atoms with Crippen LogP contribution in [-0.4, -0.2) is 6.26 Å². The number of hydrogen-bond donors (Lipinski definition) is 0. The Morgan fingerprint density at radius 2 is 1.72 bits per heavy atom. The monoisotopic (exact) mass is 284 g/mol. The molecular weight excluding hydrogens is 256 g/mol. The third-order valence-corrected chi connectivity index (χ3v) is 6.33. The Balaban J connectivity index is 5.51. The molecule has 0 aliphatic carbocycles. The first-order valence-electron chi connectivity index (χ1n) is 6.40. The fraction of sp³-hybridized carbons (Fsp3) is 0.625. The van der Waals surface area contributed by atoms with Gasteiger partial charge in [-0.3, -0.25) is 0 Å². The van der Waals surface area contributed by atoms with Crippen molar-refractivity contribution in [1.82, 2.24) is 0 Å². The molecule has 0 aromatic heterocycles. The van der Waals surface area contributed by atoms with E-state index >= 15 is 0 Å². The maximum Gasteiger partial charge on any atom is 0.00758 e. The zero-order chi connectivity index (χ0) is 14.6. The summed E-state index contributed by atoms with van der Waals surface area (Å²) in [5.41, 5.74) is 0.164. The molecule has 0 saturated carbocycles. The number of rotatable bonds is 7. The normalized spacial score (nSPS) is 16.3. The zero-order valence-corrected chi connectivity index (χ0v) is 14.6. The van der Waals surface area contributed by atoms with Crippen LogP contribution in [-0.2, 0) is 0 Å². The van der Waals surface area contributed by atoms with E-state index < -0.39 is 0 Å². The summed E-state index contributed by atoms with van der Waals surface area (Å²) in [5.74, 6) is 0. The van der Waals surface area contributed by atoms with Gasteiger partial charge in [0.05, 0.1) is 0 Å². The van der Waals surface area contributed by atoms with Crippen molar-refractivity contribution in [2.45, 2.75) is 48.0 Å². The average molecular weight is 285 g/mol. The van der Waals surface area contributed by atoms with Crippen molar-refractivity contribution in [3.05, 3.63) is 33.9 Å². The lowest BCUT2D eigenvalue weighted by Gasteiger charge is -2.46. The van der Waals surface area contributed by atoms with Gasteiger partial charge in [0.2, 0.25) is 0 Å². The maximum absolute atomic E-state index is 4.32. The molecule has 0 aliphatic heterocycles. The molecule has 0 aromatic rings. The Bertz CT molecular complexity index is 350. The molecule has 0 aliphatic rings. The Morgan fingerprint density at radius 3 is 2.00 bits per heavy atom. The Labute approximate surface area is 122 Å². The van der Waals surface area contributed by atoms with E-state index in [1.807, 2.05) is 18.7 Å². The molecular formula is C16H28S2. The summed E-state index contributed by atoms with van der Waals surface area (Å²) >= 11 is 3.57. The van der Waals surface area contributed by atoms with Crippen molar-refractivity contribution in [3.63, 3.8) is 0 Å². The molecule has 18 heavy (non-hydrogen) atoms. The lowest BCUT2D eigenvalue weighted by Crippen LogP contribution is -2.36. The number of hydrogen-bond acceptors (Lipinski definition) is 2. The lowest BCUT2D eigenvalue weighted by atomic mass is 9.64. The SMILES string of the molecule is C=C(C)SC(=C)C(C)(CC)C(C)(C)/C(=C/C)SC. The van der Waals surface area contributed by atoms with E-state index in [4.69, 9.17) is 0 Å². The van der Waals surface area contributed by atoms with Crippen molar-refractivity contribution >= 4 is 23.5 Å². The van der Waals surface area contributed by atoms with Crippen molar-refractivity contribution in [1.29, 1.82) is 0 Å². The van der Waals surface area contributed by atoms with Crippen LogP contribution < -0.4 is 0 Å². The highest BCUT2D eigenvalue weighted by Crippen LogP contribution is 2.56. The van der Waals surface area contributed by atoms with Crippen molar-refractivity contribution in [2.75, 3.05) is 6.26 Å². The summed E-state index contributed by atoms with van der Waals surface area (Å²) in [6.07, 6.45) is 5.47. The molecule has 0 spiro atoms. The molecule has 0 N–H and O–H groups in total. The Kier molecular flexibility index (Phi) is 6.87. The molecule has 0 radical (unpaired) electrons. The molecule has 0 heterocycles. The Morgan fingerprint density at radius 1 is 1.22 bits per heavy atom. The van der Waals surface area contributed by atoms with Gasteiger partial charge in [0.1, 0.15) is 0 Å². The highest BCUT2D eigenvalue weighted by atomic mass is 32.2. The van der Waals surface area contributed by atoms with E-state index in [0.29, 0.717) is 0 Å². The molecule has 1 atom stereocenters. The number of allylic oxidation sites excluding steroid dienone is 4. The second kappa shape index (κ2) is 6.91. The van der Waals surface area contributed by atoms with Gasteiger partial charge in [0.15, 0.2) is 0 Å². The number of thioether (sulfide) groups is 2. The van der Waals surface area contributed by atoms with Crippen molar-refractivity contribution < 1.29 is 0 Å². The van der Waals surface area contributed by atoms with E-state index in [1.54, 1.807) is 11.8 Å². The average Bonchev–Trinajstić information content (AvgIpc) is 2.27. The van der Waals surface area contributed by atoms with Crippen LogP contribution in [0.2, 0.25) is 0 Å². The predicted octanol–water partition coefficient (Wildman–Crippen LogP) is 6.48. The van der Waals surface area contributed by atoms with E-state index in [9.17, 15) is 0 Å². The third-order valence-electron chi connectivity index (χ3n) is 4.10. The molecule has 0 bridgehead atoms. The second-order valence-electron chi connectivity index (χ2n) is 5.39. The lowest BCUT2D eigenvalue weighted by molar-refractivity contribution is 0.189. The van der Waals surface area contributed by atoms with Crippen molar-refractivity contribution in [3.8, 4) is 0 Å². The molecule has 0 saturated heterocycles. The first-order chi connectivity index (χ1) is 8.17. The van der Waals surface area contributed by atoms with Crippen LogP contribution in [0.4, 0.5) is 0 Å². The standard InChI is InChI=1S/C16H28S2/c1-10-14(17-9)15(6,7)16(8,11-2)13(5)18-12(3)4/h10H,3,5,11H2,1-2,4,6-9H3/b14-10-. The van der Waals surface area contributed by atoms with Crippen LogP contribution in [0, 0.1) is 10.8 Å². The van der Waals surface area contributed by atoms with Crippen LogP contribution in [0.15, 0.2) is 33.9 Å². The van der Waals surface area contributed by atoms with E-state index in [1.165, 1.54) is 9.81 Å². The minimum absolute atomic E-state index is 0.0709. The van der Waals surface area contributed by atoms with Gasteiger partial charge in [-0.15, -0.1) is 11.8 Å². The smallest absolute Gasteiger partial charge is 0.00758 e. The van der Waals surface area contributed by atoms with Gasteiger partial charge in [-0.2, -0.15) is 0 Å². The summed E-state index contributed by atoms with van der Waals surface area (Å²) in [6.45, 7) is 21.7. The minimum atomic E-state index is 0.0709. The second-order valence-corrected chi connectivity index (χ2v) is 7.64. The van der Waals surface area contributed by atoms with Gasteiger partial charge in [0, 0.05) is 10.8 Å². The molecule has 0 fully saturated rings. The van der Waals surface area contributed by atoms with Gasteiger partial charge in [-0.05, 0) is 41.2 Å². The molecule has 0 amide bonds. The summed E-state index contributed by atoms with van der Waals surface area (Å²) in [5, 5.41) is 0. The van der Waals surface area contributed by atoms with E-state index in [-0.39, 0.29) is 10.8 Å². The molecule has 0 nitrogen and oxygen atoms in total. The van der Waals surface area contributed by atoms with Crippen LogP contribution in [0.1, 0.15) is 48.0 Å². The largest absolute Gasteiger partial charge is 0.134 e. The van der Waals surface area contributed by atoms with Gasteiger partial charge in [0.25, 0.3) is 0 Å². The minimum Gasteiger partial charge on any atom is -0.134 e. The summed E-state index contributed by atoms with van der Waals surface area (Å²) in [6, 6.07) is 0. The van der Waals surface area contributed by atoms with Crippen LogP contribution in [0.3, 0.4) is 0 Å². The summed E-state index contributed by atoms with van der Waals surface area (Å²) < 4.78 is 0. The topological polar surface area (TPSA) is 0 Å². The Hall–Kier alpha value is -0.0800. The highest BCUT2D eigenvalue weighted by molar-refractivity contribution is 8.06. The van der Waals surface area contributed by atoms with Crippen LogP contribution in [0.5, 0.6) is 0 Å². The first-order valence-corrected chi connectivity index (χ1v) is 8.45. The van der Waals surface area contributed by atoms with E-state index in [0.717, 1.165) is 11.3 Å². The van der Waals surface area contributed by atoms with Gasteiger partial charge in [-0.25, -0.2) is 0 Å². The fourth-order valence-corrected chi connectivity index (χ4v) is 4.33. The third kappa shape index (κ3) is 3.48. The maximum atomic E-state index is 4.32. The first kappa shape index (κ1) is 17.9.